The number of carbonyl (C=O) groups is 1. The number of anilines is 1. The van der Waals surface area contributed by atoms with Gasteiger partial charge in [-0.2, -0.15) is 0 Å². The zero-order valence-corrected chi connectivity index (χ0v) is 12.1. The second-order valence-corrected chi connectivity index (χ2v) is 5.31. The molecule has 3 heteroatoms. The average Bonchev–Trinajstić information content (AvgIpc) is 2.83. The maximum Gasteiger partial charge on any atom is 0.223 e. The van der Waals surface area contributed by atoms with Gasteiger partial charge in [-0.15, -0.1) is 0 Å². The summed E-state index contributed by atoms with van der Waals surface area (Å²) in [7, 11) is 0. The van der Waals surface area contributed by atoms with Gasteiger partial charge in [0.15, 0.2) is 0 Å². The molecule has 19 heavy (non-hydrogen) atoms. The van der Waals surface area contributed by atoms with Crippen LogP contribution in [0.3, 0.4) is 0 Å². The molecular formula is C16H24N2O. The molecule has 2 atom stereocenters. The van der Waals surface area contributed by atoms with Gasteiger partial charge in [-0.3, -0.25) is 4.79 Å². The van der Waals surface area contributed by atoms with Gasteiger partial charge in [0, 0.05) is 37.2 Å². The molecule has 0 radical (unpaired) electrons. The molecule has 1 aromatic rings. The number of nitrogens with zero attached hydrogens (tertiary/aromatic N) is 1. The first-order chi connectivity index (χ1) is 9.17. The molecule has 3 nitrogen and oxygen atoms in total. The Morgan fingerprint density at radius 2 is 2.16 bits per heavy atom. The van der Waals surface area contributed by atoms with E-state index in [1.807, 2.05) is 11.0 Å². The fourth-order valence-electron chi connectivity index (χ4n) is 2.82. The van der Waals surface area contributed by atoms with E-state index in [0.29, 0.717) is 18.4 Å². The first-order valence-corrected chi connectivity index (χ1v) is 7.29. The van der Waals surface area contributed by atoms with Crippen LogP contribution >= 0.6 is 0 Å². The molecule has 0 fully saturated rings. The molecule has 1 aromatic carbocycles. The van der Waals surface area contributed by atoms with Gasteiger partial charge in [0.1, 0.15) is 0 Å². The number of amides is 1. The number of hydrogen-bond donors (Lipinski definition) is 1. The molecule has 2 rings (SSSR count). The van der Waals surface area contributed by atoms with Gasteiger partial charge >= 0.3 is 0 Å². The van der Waals surface area contributed by atoms with Crippen molar-refractivity contribution in [3.63, 3.8) is 0 Å². The van der Waals surface area contributed by atoms with E-state index >= 15 is 0 Å². The Kier molecular flexibility index (Phi) is 4.46. The van der Waals surface area contributed by atoms with Crippen molar-refractivity contribution < 1.29 is 4.79 Å². The maximum atomic E-state index is 12.4. The van der Waals surface area contributed by atoms with Crippen molar-refractivity contribution in [2.45, 2.75) is 45.6 Å². The van der Waals surface area contributed by atoms with Gasteiger partial charge in [-0.25, -0.2) is 0 Å². The van der Waals surface area contributed by atoms with Crippen LogP contribution in [-0.2, 0) is 4.79 Å². The molecule has 1 aliphatic heterocycles. The summed E-state index contributed by atoms with van der Waals surface area (Å²) >= 11 is 0. The van der Waals surface area contributed by atoms with Crippen molar-refractivity contribution in [3.8, 4) is 0 Å². The van der Waals surface area contributed by atoms with Crippen molar-refractivity contribution >= 4 is 11.6 Å². The Morgan fingerprint density at radius 1 is 1.42 bits per heavy atom. The minimum absolute atomic E-state index is 0.278. The van der Waals surface area contributed by atoms with Crippen molar-refractivity contribution in [2.75, 3.05) is 18.4 Å². The Morgan fingerprint density at radius 3 is 2.84 bits per heavy atom. The van der Waals surface area contributed by atoms with Crippen LogP contribution in [0.1, 0.15) is 45.1 Å². The van der Waals surface area contributed by atoms with Crippen LogP contribution in [0.5, 0.6) is 0 Å². The Bertz CT molecular complexity index is 444. The molecule has 0 saturated heterocycles. The molecule has 1 heterocycles. The largest absolute Gasteiger partial charge is 0.384 e. The van der Waals surface area contributed by atoms with Crippen LogP contribution in [0, 0.1) is 0 Å². The monoisotopic (exact) mass is 260 g/mol. The fourth-order valence-corrected chi connectivity index (χ4v) is 2.82. The van der Waals surface area contributed by atoms with E-state index in [1.54, 1.807) is 0 Å². The van der Waals surface area contributed by atoms with Gasteiger partial charge in [0.05, 0.1) is 0 Å². The summed E-state index contributed by atoms with van der Waals surface area (Å²) in [4.78, 5) is 14.4. The topological polar surface area (TPSA) is 32.3 Å². The van der Waals surface area contributed by atoms with Crippen LogP contribution in [0.2, 0.25) is 0 Å². The van der Waals surface area contributed by atoms with E-state index in [2.05, 4.69) is 44.3 Å². The van der Waals surface area contributed by atoms with Gasteiger partial charge in [0.25, 0.3) is 0 Å². The molecule has 2 unspecified atom stereocenters. The summed E-state index contributed by atoms with van der Waals surface area (Å²) in [5, 5.41) is 3.38. The number of fused-ring (bicyclic) bond motifs is 1. The van der Waals surface area contributed by atoms with Crippen LogP contribution in [0.25, 0.3) is 0 Å². The lowest BCUT2D eigenvalue weighted by Gasteiger charge is -2.28. The summed E-state index contributed by atoms with van der Waals surface area (Å²) in [5.74, 6) is 0.599. The number of nitrogens with one attached hydrogen (secondary N) is 1. The second-order valence-electron chi connectivity index (χ2n) is 5.31. The molecule has 0 aromatic heterocycles. The third-order valence-corrected chi connectivity index (χ3v) is 4.14. The summed E-state index contributed by atoms with van der Waals surface area (Å²) in [6, 6.07) is 8.64. The number of hydrogen-bond acceptors (Lipinski definition) is 2. The third kappa shape index (κ3) is 2.91. The average molecular weight is 260 g/mol. The van der Waals surface area contributed by atoms with Crippen LogP contribution in [0.4, 0.5) is 5.69 Å². The molecule has 0 saturated carbocycles. The van der Waals surface area contributed by atoms with Gasteiger partial charge in [-0.05, 0) is 31.9 Å². The van der Waals surface area contributed by atoms with E-state index in [1.165, 1.54) is 11.3 Å². The number of rotatable bonds is 5. The lowest BCUT2D eigenvalue weighted by Crippen LogP contribution is -2.38. The lowest BCUT2D eigenvalue weighted by molar-refractivity contribution is -0.133. The minimum atomic E-state index is 0.278. The summed E-state index contributed by atoms with van der Waals surface area (Å²) in [5.41, 5.74) is 2.47. The molecule has 1 amide bonds. The first kappa shape index (κ1) is 13.9. The number of benzene rings is 1. The Labute approximate surface area is 116 Å². The highest BCUT2D eigenvalue weighted by Crippen LogP contribution is 2.33. The van der Waals surface area contributed by atoms with Crippen LogP contribution in [0.15, 0.2) is 24.3 Å². The van der Waals surface area contributed by atoms with Gasteiger partial charge < -0.3 is 10.2 Å². The summed E-state index contributed by atoms with van der Waals surface area (Å²) in [6.07, 6.45) is 1.63. The molecule has 0 bridgehead atoms. The van der Waals surface area contributed by atoms with Crippen molar-refractivity contribution in [3.05, 3.63) is 29.8 Å². The van der Waals surface area contributed by atoms with E-state index in [-0.39, 0.29) is 5.91 Å². The standard InChI is InChI=1S/C16H24N2O/c1-4-12(3)18(5-2)16(19)10-13-11-17-15-9-7-6-8-14(13)15/h6-9,12-13,17H,4-5,10-11H2,1-3H3. The predicted octanol–water partition coefficient (Wildman–Crippen LogP) is 3.23. The molecular weight excluding hydrogens is 236 g/mol. The predicted molar refractivity (Wildman–Crippen MR) is 79.4 cm³/mol. The first-order valence-electron chi connectivity index (χ1n) is 7.29. The molecule has 104 valence electrons. The summed E-state index contributed by atoms with van der Waals surface area (Å²) < 4.78 is 0. The normalized spacial score (nSPS) is 18.6. The minimum Gasteiger partial charge on any atom is -0.384 e. The molecule has 1 N–H and O–H groups in total. The highest BCUT2D eigenvalue weighted by Gasteiger charge is 2.26. The van der Waals surface area contributed by atoms with Crippen LogP contribution < -0.4 is 5.32 Å². The quantitative estimate of drug-likeness (QED) is 0.881. The highest BCUT2D eigenvalue weighted by molar-refractivity contribution is 5.78. The number of para-hydroxylation sites is 1. The lowest BCUT2D eigenvalue weighted by atomic mass is 9.97. The van der Waals surface area contributed by atoms with E-state index in [4.69, 9.17) is 0 Å². The SMILES string of the molecule is CCC(C)N(CC)C(=O)CC1CNc2ccccc21. The molecule has 1 aliphatic rings. The number of carbonyl (C=O) groups excluding carboxylic acids is 1. The van der Waals surface area contributed by atoms with E-state index in [0.717, 1.165) is 19.5 Å². The van der Waals surface area contributed by atoms with Gasteiger partial charge in [-0.1, -0.05) is 25.1 Å². The zero-order valence-electron chi connectivity index (χ0n) is 12.1. The van der Waals surface area contributed by atoms with Gasteiger partial charge in [0.2, 0.25) is 5.91 Å². The maximum absolute atomic E-state index is 12.4. The molecule has 0 spiro atoms. The Hall–Kier alpha value is -1.51. The summed E-state index contributed by atoms with van der Waals surface area (Å²) in [6.45, 7) is 8.00. The zero-order chi connectivity index (χ0) is 13.8. The van der Waals surface area contributed by atoms with Crippen molar-refractivity contribution in [2.24, 2.45) is 0 Å². The fraction of sp³-hybridized carbons (Fsp3) is 0.562. The molecule has 0 aliphatic carbocycles. The van der Waals surface area contributed by atoms with E-state index in [9.17, 15) is 4.79 Å². The van der Waals surface area contributed by atoms with Crippen molar-refractivity contribution in [1.82, 2.24) is 4.90 Å². The van der Waals surface area contributed by atoms with Crippen molar-refractivity contribution in [1.29, 1.82) is 0 Å². The third-order valence-electron chi connectivity index (χ3n) is 4.14. The van der Waals surface area contributed by atoms with Crippen LogP contribution in [-0.4, -0.2) is 29.9 Å². The van der Waals surface area contributed by atoms with E-state index < -0.39 is 0 Å². The highest BCUT2D eigenvalue weighted by atomic mass is 16.2. The second kappa shape index (κ2) is 6.09. The smallest absolute Gasteiger partial charge is 0.223 e. The Balaban J connectivity index is 2.04.